The van der Waals surface area contributed by atoms with Crippen LogP contribution in [0.1, 0.15) is 12.0 Å². The summed E-state index contributed by atoms with van der Waals surface area (Å²) in [6.45, 7) is 0. The van der Waals surface area contributed by atoms with Gasteiger partial charge in [-0.25, -0.2) is 13.8 Å². The molecule has 0 fully saturated rings. The molecule has 0 saturated carbocycles. The molecule has 5 heteroatoms. The van der Waals surface area contributed by atoms with Crippen molar-refractivity contribution in [1.82, 2.24) is 0 Å². The minimum atomic E-state index is -2.56. The number of nitrogens with two attached hydrogens (primary N) is 1. The Morgan fingerprint density at radius 1 is 1.43 bits per heavy atom. The van der Waals surface area contributed by atoms with Crippen LogP contribution in [0.2, 0.25) is 0 Å². The maximum absolute atomic E-state index is 12.4. The van der Waals surface area contributed by atoms with Crippen molar-refractivity contribution in [2.45, 2.75) is 6.43 Å². The largest absolute Gasteiger partial charge is 0.386 e. The van der Waals surface area contributed by atoms with Crippen molar-refractivity contribution in [1.29, 1.82) is 0 Å². The van der Waals surface area contributed by atoms with Gasteiger partial charge in [-0.2, -0.15) is 0 Å². The molecule has 0 bridgehead atoms. The van der Waals surface area contributed by atoms with E-state index < -0.39 is 6.43 Å². The van der Waals surface area contributed by atoms with Crippen molar-refractivity contribution in [3.8, 4) is 0 Å². The molecule has 0 heterocycles. The Balaban J connectivity index is 3.07. The van der Waals surface area contributed by atoms with Crippen LogP contribution in [0.3, 0.4) is 0 Å². The molecule has 0 aliphatic heterocycles. The number of nitrogens with zero attached hydrogens (tertiary/aromatic N) is 1. The van der Waals surface area contributed by atoms with Crippen LogP contribution >= 0.6 is 11.6 Å². The van der Waals surface area contributed by atoms with Gasteiger partial charge in [0.25, 0.3) is 6.43 Å². The molecular weight excluding hydrogens is 210 g/mol. The molecule has 0 unspecified atom stereocenters. The maximum atomic E-state index is 12.4. The van der Waals surface area contributed by atoms with Crippen molar-refractivity contribution < 1.29 is 8.78 Å². The predicted octanol–water partition coefficient (Wildman–Crippen LogP) is 2.85. The molecule has 0 saturated heterocycles. The van der Waals surface area contributed by atoms with E-state index in [1.165, 1.54) is 18.2 Å². The van der Waals surface area contributed by atoms with Crippen LogP contribution in [0.15, 0.2) is 29.3 Å². The molecule has 1 aromatic carbocycles. The van der Waals surface area contributed by atoms with Gasteiger partial charge in [0, 0.05) is 5.56 Å². The minimum absolute atomic E-state index is 0.0254. The van der Waals surface area contributed by atoms with Crippen molar-refractivity contribution >= 4 is 23.1 Å². The zero-order valence-electron chi connectivity index (χ0n) is 7.25. The molecule has 0 amide bonds. The summed E-state index contributed by atoms with van der Waals surface area (Å²) in [5.41, 5.74) is 5.38. The molecule has 0 aromatic heterocycles. The zero-order chi connectivity index (χ0) is 10.6. The molecule has 2 nitrogen and oxygen atoms in total. The summed E-state index contributed by atoms with van der Waals surface area (Å²) >= 11 is 5.39. The summed E-state index contributed by atoms with van der Waals surface area (Å²) in [4.78, 5) is 3.78. The summed E-state index contributed by atoms with van der Waals surface area (Å²) in [5, 5.41) is 0. The first kappa shape index (κ1) is 10.9. The number of alkyl halides is 3. The smallest absolute Gasteiger partial charge is 0.265 e. The summed E-state index contributed by atoms with van der Waals surface area (Å²) in [6.07, 6.45) is -2.56. The first-order chi connectivity index (χ1) is 6.65. The number of hydrogen-bond donors (Lipinski definition) is 1. The van der Waals surface area contributed by atoms with E-state index in [-0.39, 0.29) is 23.0 Å². The van der Waals surface area contributed by atoms with E-state index in [2.05, 4.69) is 4.99 Å². The number of para-hydroxylation sites is 1. The zero-order valence-corrected chi connectivity index (χ0v) is 8.01. The van der Waals surface area contributed by atoms with Crippen LogP contribution in [0.4, 0.5) is 14.5 Å². The van der Waals surface area contributed by atoms with Crippen molar-refractivity contribution in [3.63, 3.8) is 0 Å². The summed E-state index contributed by atoms with van der Waals surface area (Å²) in [5.74, 6) is 0.150. The van der Waals surface area contributed by atoms with Gasteiger partial charge in [-0.3, -0.25) is 0 Å². The van der Waals surface area contributed by atoms with E-state index in [4.69, 9.17) is 17.3 Å². The number of amidine groups is 1. The van der Waals surface area contributed by atoms with Gasteiger partial charge in [0.1, 0.15) is 5.84 Å². The SMILES string of the molecule is NC(CCl)=Nc1ccccc1C(F)F. The highest BCUT2D eigenvalue weighted by Gasteiger charge is 2.11. The average molecular weight is 219 g/mol. The Morgan fingerprint density at radius 2 is 2.07 bits per heavy atom. The average Bonchev–Trinajstić information content (AvgIpc) is 2.18. The lowest BCUT2D eigenvalue weighted by Gasteiger charge is -2.04. The molecular formula is C9H9ClF2N2. The van der Waals surface area contributed by atoms with Crippen molar-refractivity contribution in [2.24, 2.45) is 10.7 Å². The molecule has 76 valence electrons. The predicted molar refractivity (Wildman–Crippen MR) is 53.4 cm³/mol. The van der Waals surface area contributed by atoms with Crippen LogP contribution in [-0.2, 0) is 0 Å². The molecule has 0 radical (unpaired) electrons. The monoisotopic (exact) mass is 218 g/mol. The number of halogens is 3. The number of aliphatic imine (C=N–C) groups is 1. The van der Waals surface area contributed by atoms with Gasteiger partial charge in [-0.15, -0.1) is 11.6 Å². The second kappa shape index (κ2) is 4.91. The Morgan fingerprint density at radius 3 is 2.64 bits per heavy atom. The van der Waals surface area contributed by atoms with Gasteiger partial charge < -0.3 is 5.73 Å². The molecule has 0 aliphatic carbocycles. The quantitative estimate of drug-likeness (QED) is 0.473. The summed E-state index contributed by atoms with van der Waals surface area (Å²) in [7, 11) is 0. The van der Waals surface area contributed by atoms with Gasteiger partial charge in [-0.1, -0.05) is 18.2 Å². The van der Waals surface area contributed by atoms with Crippen LogP contribution in [0.5, 0.6) is 0 Å². The third-order valence-electron chi connectivity index (χ3n) is 1.57. The third kappa shape index (κ3) is 2.67. The molecule has 0 aliphatic rings. The number of rotatable bonds is 3. The fourth-order valence-electron chi connectivity index (χ4n) is 0.958. The summed E-state index contributed by atoms with van der Waals surface area (Å²) < 4.78 is 24.9. The minimum Gasteiger partial charge on any atom is -0.386 e. The Kier molecular flexibility index (Phi) is 3.83. The Hall–Kier alpha value is -1.16. The van der Waals surface area contributed by atoms with Gasteiger partial charge in [0.2, 0.25) is 0 Å². The van der Waals surface area contributed by atoms with Crippen LogP contribution in [0, 0.1) is 0 Å². The second-order valence-electron chi connectivity index (χ2n) is 2.60. The van der Waals surface area contributed by atoms with E-state index in [0.29, 0.717) is 0 Å². The lowest BCUT2D eigenvalue weighted by Crippen LogP contribution is -2.12. The van der Waals surface area contributed by atoms with E-state index in [1.807, 2.05) is 0 Å². The van der Waals surface area contributed by atoms with Gasteiger partial charge in [0.15, 0.2) is 0 Å². The van der Waals surface area contributed by atoms with Crippen LogP contribution in [-0.4, -0.2) is 11.7 Å². The first-order valence-corrected chi connectivity index (χ1v) is 4.44. The highest BCUT2D eigenvalue weighted by atomic mass is 35.5. The van der Waals surface area contributed by atoms with Crippen molar-refractivity contribution in [2.75, 3.05) is 5.88 Å². The highest BCUT2D eigenvalue weighted by Crippen LogP contribution is 2.28. The Labute approximate surface area is 85.4 Å². The van der Waals surface area contributed by atoms with E-state index >= 15 is 0 Å². The standard InChI is InChI=1S/C9H9ClF2N2/c10-5-8(13)14-7-4-2-1-3-6(7)9(11)12/h1-4,9H,5H2,(H2,13,14). The third-order valence-corrected chi connectivity index (χ3v) is 1.85. The maximum Gasteiger partial charge on any atom is 0.265 e. The lowest BCUT2D eigenvalue weighted by atomic mass is 10.2. The lowest BCUT2D eigenvalue weighted by molar-refractivity contribution is 0.152. The van der Waals surface area contributed by atoms with Gasteiger partial charge in [-0.05, 0) is 6.07 Å². The van der Waals surface area contributed by atoms with E-state index in [0.717, 1.165) is 0 Å². The molecule has 14 heavy (non-hydrogen) atoms. The summed E-state index contributed by atoms with van der Waals surface area (Å²) in [6, 6.07) is 5.93. The topological polar surface area (TPSA) is 38.4 Å². The number of benzene rings is 1. The van der Waals surface area contributed by atoms with E-state index in [1.54, 1.807) is 6.07 Å². The second-order valence-corrected chi connectivity index (χ2v) is 2.86. The van der Waals surface area contributed by atoms with Gasteiger partial charge in [0.05, 0.1) is 11.6 Å². The van der Waals surface area contributed by atoms with Crippen molar-refractivity contribution in [3.05, 3.63) is 29.8 Å². The molecule has 0 spiro atoms. The van der Waals surface area contributed by atoms with Crippen LogP contribution < -0.4 is 5.73 Å². The molecule has 0 atom stereocenters. The fraction of sp³-hybridized carbons (Fsp3) is 0.222. The molecule has 1 aromatic rings. The first-order valence-electron chi connectivity index (χ1n) is 3.91. The van der Waals surface area contributed by atoms with E-state index in [9.17, 15) is 8.78 Å². The normalized spacial score (nSPS) is 12.1. The molecule has 2 N–H and O–H groups in total. The number of hydrogen-bond acceptors (Lipinski definition) is 1. The van der Waals surface area contributed by atoms with Gasteiger partial charge >= 0.3 is 0 Å². The molecule has 1 rings (SSSR count). The fourth-order valence-corrected chi connectivity index (χ4v) is 1.02. The Bertz CT molecular complexity index is 339. The van der Waals surface area contributed by atoms with Crippen LogP contribution in [0.25, 0.3) is 0 Å². The highest BCUT2D eigenvalue weighted by molar-refractivity contribution is 6.28.